The predicted molar refractivity (Wildman–Crippen MR) is 171 cm³/mol. The van der Waals surface area contributed by atoms with E-state index in [1.54, 1.807) is 7.11 Å². The molecule has 0 atom stereocenters. The molecule has 8 bridgehead atoms. The molecule has 0 saturated carbocycles. The van der Waals surface area contributed by atoms with Gasteiger partial charge < -0.3 is 39.4 Å². The van der Waals surface area contributed by atoms with Crippen LogP contribution in [0.25, 0.3) is 89.7 Å². The van der Waals surface area contributed by atoms with Gasteiger partial charge in [-0.05, 0) is 39.7 Å². The zero-order valence-corrected chi connectivity index (χ0v) is 27.6. The molecule has 0 fully saturated rings. The molecule has 9 rings (SSSR count). The minimum Gasteiger partial charge on any atom is -0.491 e. The van der Waals surface area contributed by atoms with E-state index in [2.05, 4.69) is 0 Å². The van der Waals surface area contributed by atoms with Crippen molar-refractivity contribution in [1.82, 2.24) is 39.9 Å². The maximum Gasteiger partial charge on any atom is 2.00 e. The third-order valence-electron chi connectivity index (χ3n) is 7.95. The van der Waals surface area contributed by atoms with Crippen LogP contribution in [-0.4, -0.2) is 50.2 Å². The molecular formula is C35H22N8O2Zn. The fraction of sp³-hybridized carbons (Fsp3) is 0.0857. The summed E-state index contributed by atoms with van der Waals surface area (Å²) in [6.45, 7) is 0.893. The van der Waals surface area contributed by atoms with Crippen LogP contribution in [0.5, 0.6) is 5.75 Å². The second-order valence-electron chi connectivity index (χ2n) is 10.7. The molecule has 0 radical (unpaired) electrons. The molecule has 0 saturated heterocycles. The van der Waals surface area contributed by atoms with E-state index in [0.29, 0.717) is 64.8 Å². The Morgan fingerprint density at radius 2 is 0.891 bits per heavy atom. The first-order valence-electron chi connectivity index (χ1n) is 14.5. The number of hydrogen-bond acceptors (Lipinski definition) is 8. The monoisotopic (exact) mass is 650 g/mol. The molecule has 11 heteroatoms. The number of methoxy groups -OCH3 is 1. The number of nitrogens with zero attached hydrogens (tertiary/aromatic N) is 8. The molecule has 10 nitrogen and oxygen atoms in total. The number of aromatic nitrogens is 8. The number of hydrogen-bond donors (Lipinski definition) is 0. The zero-order valence-electron chi connectivity index (χ0n) is 24.7. The van der Waals surface area contributed by atoms with Gasteiger partial charge in [0.1, 0.15) is 12.4 Å². The third kappa shape index (κ3) is 4.55. The van der Waals surface area contributed by atoms with E-state index >= 15 is 0 Å². The Labute approximate surface area is 274 Å². The van der Waals surface area contributed by atoms with Crippen molar-refractivity contribution >= 4 is 44.1 Å². The van der Waals surface area contributed by atoms with E-state index in [0.717, 1.165) is 43.8 Å². The molecule has 0 N–H and O–H groups in total. The first-order chi connectivity index (χ1) is 22.2. The van der Waals surface area contributed by atoms with Gasteiger partial charge in [0.05, 0.1) is 29.9 Å². The molecule has 2 aliphatic heterocycles. The maximum atomic E-state index is 5.94. The van der Waals surface area contributed by atoms with E-state index in [-0.39, 0.29) is 19.5 Å². The van der Waals surface area contributed by atoms with Crippen LogP contribution in [-0.2, 0) is 24.2 Å². The molecule has 216 valence electrons. The van der Waals surface area contributed by atoms with Gasteiger partial charge in [-0.2, -0.15) is 0 Å². The average molecular weight is 652 g/mol. The molecule has 0 amide bonds. The molecule has 3 aromatic heterocycles. The average Bonchev–Trinajstić information content (AvgIpc) is 3.80. The maximum absolute atomic E-state index is 5.94. The molecular weight excluding hydrogens is 630 g/mol. The van der Waals surface area contributed by atoms with Gasteiger partial charge >= 0.3 is 19.5 Å². The summed E-state index contributed by atoms with van der Waals surface area (Å²) >= 11 is 0. The number of benzene rings is 4. The third-order valence-corrected chi connectivity index (χ3v) is 7.95. The topological polar surface area (TPSA) is 124 Å². The fourth-order valence-corrected chi connectivity index (χ4v) is 5.82. The number of fused-ring (bicyclic) bond motifs is 20. The quantitative estimate of drug-likeness (QED) is 0.162. The smallest absolute Gasteiger partial charge is 0.491 e. The molecule has 0 spiro atoms. The second kappa shape index (κ2) is 11.2. The van der Waals surface area contributed by atoms with Crippen LogP contribution in [0.3, 0.4) is 0 Å². The number of rotatable bonds is 4. The molecule has 46 heavy (non-hydrogen) atoms. The number of ether oxygens (including phenoxy) is 2. The van der Waals surface area contributed by atoms with Crippen LogP contribution in [0, 0.1) is 0 Å². The minimum absolute atomic E-state index is 0. The summed E-state index contributed by atoms with van der Waals surface area (Å²) in [4.78, 5) is 39.6. The molecule has 4 aromatic carbocycles. The Bertz CT molecular complexity index is 2480. The summed E-state index contributed by atoms with van der Waals surface area (Å²) in [5.74, 6) is 2.72. The van der Waals surface area contributed by atoms with Crippen molar-refractivity contribution in [3.8, 4) is 51.3 Å². The van der Waals surface area contributed by atoms with Gasteiger partial charge in [0.15, 0.2) is 0 Å². The standard InChI is InChI=1S/C35H22N8O2.Zn/c1-44-16-17-45-19-14-15-26-27(18-19)35-42-33-25-13-7-6-12-24(25)31(40-33)38-29-21-9-3-2-8-20(21)28(36-29)37-30-22-10-4-5-11-23(22)32(39-30)41-34(26)43-35;/h2-15,18H,16-17H2,1H3;/q-2;+2. The Morgan fingerprint density at radius 1 is 0.478 bits per heavy atom. The van der Waals surface area contributed by atoms with Crippen molar-refractivity contribution in [3.05, 3.63) is 91.0 Å². The van der Waals surface area contributed by atoms with Crippen LogP contribution in [0.4, 0.5) is 0 Å². The van der Waals surface area contributed by atoms with Gasteiger partial charge in [-0.1, -0.05) is 72.8 Å². The van der Waals surface area contributed by atoms with Crippen LogP contribution >= 0.6 is 0 Å². The van der Waals surface area contributed by atoms with Crippen LogP contribution in [0.2, 0.25) is 0 Å². The fourth-order valence-electron chi connectivity index (χ4n) is 5.82. The Kier molecular flexibility index (Phi) is 6.85. The first-order valence-corrected chi connectivity index (χ1v) is 14.5. The predicted octanol–water partition coefficient (Wildman–Crippen LogP) is 6.15. The van der Waals surface area contributed by atoms with E-state index in [1.807, 2.05) is 91.0 Å². The molecule has 2 aliphatic rings. The largest absolute Gasteiger partial charge is 2.00 e. The van der Waals surface area contributed by atoms with Crippen molar-refractivity contribution in [2.24, 2.45) is 0 Å². The Balaban J connectivity index is 0.00000312. The SMILES string of the molecule is COCCOc1ccc2c(c1)-c1nc-2nc2[n-]c(nc3nc(nc4[n-]c(n1)c1ccccc41)-c1ccccc1-3)c1ccccc21.[Zn+2]. The summed E-state index contributed by atoms with van der Waals surface area (Å²) in [7, 11) is 1.65. The van der Waals surface area contributed by atoms with Crippen molar-refractivity contribution in [3.63, 3.8) is 0 Å². The van der Waals surface area contributed by atoms with Gasteiger partial charge in [-0.25, -0.2) is 9.97 Å². The van der Waals surface area contributed by atoms with Crippen molar-refractivity contribution in [2.75, 3.05) is 20.3 Å². The normalized spacial score (nSPS) is 11.7. The van der Waals surface area contributed by atoms with Gasteiger partial charge in [0.2, 0.25) is 0 Å². The van der Waals surface area contributed by atoms with Gasteiger partial charge in [0, 0.05) is 52.0 Å². The summed E-state index contributed by atoms with van der Waals surface area (Å²) in [6.07, 6.45) is 0. The van der Waals surface area contributed by atoms with E-state index in [9.17, 15) is 0 Å². The summed E-state index contributed by atoms with van der Waals surface area (Å²) < 4.78 is 11.1. The summed E-state index contributed by atoms with van der Waals surface area (Å²) in [5.41, 5.74) is 5.43. The zero-order chi connectivity index (χ0) is 29.9. The van der Waals surface area contributed by atoms with Crippen molar-refractivity contribution in [1.29, 1.82) is 0 Å². The Morgan fingerprint density at radius 3 is 1.35 bits per heavy atom. The van der Waals surface area contributed by atoms with Crippen molar-refractivity contribution in [2.45, 2.75) is 0 Å². The molecule has 0 unspecified atom stereocenters. The summed E-state index contributed by atoms with van der Waals surface area (Å²) in [6, 6.07) is 29.5. The van der Waals surface area contributed by atoms with E-state index in [4.69, 9.17) is 49.3 Å². The summed E-state index contributed by atoms with van der Waals surface area (Å²) in [5, 5.41) is 3.46. The van der Waals surface area contributed by atoms with Crippen LogP contribution in [0.1, 0.15) is 0 Å². The molecule has 0 aliphatic carbocycles. The first kappa shape index (κ1) is 28.1. The van der Waals surface area contributed by atoms with E-state index < -0.39 is 0 Å². The Hall–Kier alpha value is -5.38. The van der Waals surface area contributed by atoms with Crippen LogP contribution < -0.4 is 14.7 Å². The second-order valence-corrected chi connectivity index (χ2v) is 10.7. The minimum atomic E-state index is 0. The molecule has 5 heterocycles. The van der Waals surface area contributed by atoms with E-state index in [1.165, 1.54) is 0 Å². The molecule has 7 aromatic rings. The van der Waals surface area contributed by atoms with Gasteiger partial charge in [0.25, 0.3) is 0 Å². The van der Waals surface area contributed by atoms with Crippen LogP contribution in [0.15, 0.2) is 91.0 Å². The van der Waals surface area contributed by atoms with Gasteiger partial charge in [-0.15, -0.1) is 0 Å². The van der Waals surface area contributed by atoms with Gasteiger partial charge in [-0.3, -0.25) is 0 Å². The van der Waals surface area contributed by atoms with Crippen molar-refractivity contribution < 1.29 is 29.0 Å².